The van der Waals surface area contributed by atoms with E-state index in [0.717, 1.165) is 0 Å². The molecule has 0 fully saturated rings. The van der Waals surface area contributed by atoms with E-state index < -0.39 is 16.1 Å². The van der Waals surface area contributed by atoms with Gasteiger partial charge in [0.1, 0.15) is 0 Å². The number of carbonyl (C=O) groups is 1. The number of sulfonamides is 1. The second-order valence-electron chi connectivity index (χ2n) is 3.86. The molecule has 0 heterocycles. The summed E-state index contributed by atoms with van der Waals surface area (Å²) in [6, 6.07) is -0.773. The van der Waals surface area contributed by atoms with Crippen molar-refractivity contribution in [2.75, 3.05) is 11.6 Å². The summed E-state index contributed by atoms with van der Waals surface area (Å²) < 4.78 is 25.2. The van der Waals surface area contributed by atoms with E-state index >= 15 is 0 Å². The molecule has 7 heteroatoms. The van der Waals surface area contributed by atoms with Gasteiger partial charge in [-0.25, -0.2) is 13.1 Å². The zero-order valence-electron chi connectivity index (χ0n) is 9.79. The molecule has 1 unspecified atom stereocenters. The smallest absolute Gasteiger partial charge is 0.238 e. The maximum absolute atomic E-state index is 11.4. The van der Waals surface area contributed by atoms with Crippen molar-refractivity contribution in [2.45, 2.75) is 39.3 Å². The van der Waals surface area contributed by atoms with Crippen LogP contribution in [0.3, 0.4) is 0 Å². The average Bonchev–Trinajstić information content (AvgIpc) is 2.13. The summed E-state index contributed by atoms with van der Waals surface area (Å²) in [6.45, 7) is 5.13. The molecule has 0 aliphatic heterocycles. The third kappa shape index (κ3) is 7.03. The first-order valence-electron chi connectivity index (χ1n) is 5.15. The molecular weight excluding hydrogens is 252 g/mol. The van der Waals surface area contributed by atoms with Crippen molar-refractivity contribution in [3.05, 3.63) is 0 Å². The molecule has 0 radical (unpaired) electrons. The molecule has 0 aromatic carbocycles. The van der Waals surface area contributed by atoms with E-state index in [0.29, 0.717) is 6.42 Å². The van der Waals surface area contributed by atoms with Gasteiger partial charge in [-0.15, -0.1) is 11.6 Å². The lowest BCUT2D eigenvalue weighted by atomic mass is 10.3. The van der Waals surface area contributed by atoms with Crippen molar-refractivity contribution >= 4 is 27.5 Å². The van der Waals surface area contributed by atoms with Gasteiger partial charge in [-0.1, -0.05) is 0 Å². The molecular formula is C9H19ClN2O3S. The van der Waals surface area contributed by atoms with Crippen LogP contribution in [0.15, 0.2) is 0 Å². The molecule has 0 bridgehead atoms. The van der Waals surface area contributed by atoms with Crippen molar-refractivity contribution < 1.29 is 13.2 Å². The van der Waals surface area contributed by atoms with Gasteiger partial charge in [-0.3, -0.25) is 4.79 Å². The normalized spacial score (nSPS) is 13.8. The summed E-state index contributed by atoms with van der Waals surface area (Å²) in [6.07, 6.45) is 0.370. The highest BCUT2D eigenvalue weighted by molar-refractivity contribution is 7.89. The highest BCUT2D eigenvalue weighted by atomic mass is 35.5. The molecule has 0 rings (SSSR count). The van der Waals surface area contributed by atoms with Crippen LogP contribution in [0.4, 0.5) is 0 Å². The van der Waals surface area contributed by atoms with Crippen LogP contribution in [0.1, 0.15) is 27.2 Å². The standard InChI is InChI=1S/C9H19ClN2O3S/c1-7(2)11-9(13)8(3)12-16(14,15)6-4-5-10/h7-8,12H,4-6H2,1-3H3,(H,11,13). The highest BCUT2D eigenvalue weighted by Crippen LogP contribution is 1.95. The molecule has 96 valence electrons. The van der Waals surface area contributed by atoms with Gasteiger partial charge in [0.05, 0.1) is 11.8 Å². The molecule has 16 heavy (non-hydrogen) atoms. The monoisotopic (exact) mass is 270 g/mol. The molecule has 0 aromatic rings. The van der Waals surface area contributed by atoms with E-state index in [2.05, 4.69) is 10.0 Å². The summed E-state index contributed by atoms with van der Waals surface area (Å²) in [5.74, 6) is -0.104. The molecule has 0 aliphatic carbocycles. The minimum Gasteiger partial charge on any atom is -0.353 e. The van der Waals surface area contributed by atoms with Gasteiger partial charge in [0, 0.05) is 11.9 Å². The van der Waals surface area contributed by atoms with Gasteiger partial charge >= 0.3 is 0 Å². The lowest BCUT2D eigenvalue weighted by molar-refractivity contribution is -0.122. The zero-order chi connectivity index (χ0) is 12.8. The molecule has 5 nitrogen and oxygen atoms in total. The zero-order valence-corrected chi connectivity index (χ0v) is 11.4. The molecule has 0 spiro atoms. The summed E-state index contributed by atoms with van der Waals surface area (Å²) in [5, 5.41) is 2.63. The summed E-state index contributed by atoms with van der Waals surface area (Å²) in [4.78, 5) is 11.4. The largest absolute Gasteiger partial charge is 0.353 e. The van der Waals surface area contributed by atoms with Gasteiger partial charge < -0.3 is 5.32 Å². The van der Waals surface area contributed by atoms with Gasteiger partial charge in [0.15, 0.2) is 0 Å². The Morgan fingerprint density at radius 3 is 2.31 bits per heavy atom. The van der Waals surface area contributed by atoms with E-state index in [1.165, 1.54) is 6.92 Å². The summed E-state index contributed by atoms with van der Waals surface area (Å²) >= 11 is 5.40. The van der Waals surface area contributed by atoms with Crippen LogP contribution in [0.5, 0.6) is 0 Å². The Kier molecular flexibility index (Phi) is 6.94. The lowest BCUT2D eigenvalue weighted by Gasteiger charge is -2.15. The molecule has 0 saturated heterocycles. The lowest BCUT2D eigenvalue weighted by Crippen LogP contribution is -2.47. The Labute approximate surface area is 102 Å². The number of carbonyl (C=O) groups excluding carboxylic acids is 1. The first kappa shape index (κ1) is 15.7. The maximum atomic E-state index is 11.4. The Morgan fingerprint density at radius 1 is 1.31 bits per heavy atom. The summed E-state index contributed by atoms with van der Waals surface area (Å²) in [5.41, 5.74) is 0. The van der Waals surface area contributed by atoms with Crippen LogP contribution in [0, 0.1) is 0 Å². The Hall–Kier alpha value is -0.330. The minimum atomic E-state index is -3.42. The number of hydrogen-bond acceptors (Lipinski definition) is 3. The van der Waals surface area contributed by atoms with Crippen LogP contribution in [0.2, 0.25) is 0 Å². The van der Waals surface area contributed by atoms with E-state index in [9.17, 15) is 13.2 Å². The first-order chi connectivity index (χ1) is 7.28. The van der Waals surface area contributed by atoms with E-state index in [4.69, 9.17) is 11.6 Å². The fraction of sp³-hybridized carbons (Fsp3) is 0.889. The quantitative estimate of drug-likeness (QED) is 0.660. The molecule has 0 aromatic heterocycles. The van der Waals surface area contributed by atoms with Gasteiger partial charge in [0.25, 0.3) is 0 Å². The SMILES string of the molecule is CC(C)NC(=O)C(C)NS(=O)(=O)CCCCl. The fourth-order valence-electron chi connectivity index (χ4n) is 1.04. The number of amides is 1. The maximum Gasteiger partial charge on any atom is 0.238 e. The van der Waals surface area contributed by atoms with Crippen LogP contribution < -0.4 is 10.0 Å². The van der Waals surface area contributed by atoms with Gasteiger partial charge in [-0.05, 0) is 27.2 Å². The molecule has 0 aliphatic rings. The number of rotatable bonds is 7. The number of alkyl halides is 1. The van der Waals surface area contributed by atoms with Crippen LogP contribution in [-0.4, -0.2) is 38.0 Å². The number of halogens is 1. The Balaban J connectivity index is 4.22. The summed E-state index contributed by atoms with van der Waals surface area (Å²) in [7, 11) is -3.42. The Bertz CT molecular complexity index is 317. The first-order valence-corrected chi connectivity index (χ1v) is 7.33. The van der Waals surface area contributed by atoms with Crippen LogP contribution in [-0.2, 0) is 14.8 Å². The average molecular weight is 271 g/mol. The molecule has 2 N–H and O–H groups in total. The number of hydrogen-bond donors (Lipinski definition) is 2. The van der Waals surface area contributed by atoms with Crippen LogP contribution in [0.25, 0.3) is 0 Å². The predicted molar refractivity (Wildman–Crippen MR) is 65.0 cm³/mol. The molecule has 0 saturated carbocycles. The molecule has 1 amide bonds. The van der Waals surface area contributed by atoms with Gasteiger partial charge in [-0.2, -0.15) is 0 Å². The fourth-order valence-corrected chi connectivity index (χ4v) is 2.62. The second-order valence-corrected chi connectivity index (χ2v) is 6.12. The predicted octanol–water partition coefficient (Wildman–Crippen LogP) is 0.448. The van der Waals surface area contributed by atoms with Crippen molar-refractivity contribution in [3.8, 4) is 0 Å². The third-order valence-corrected chi connectivity index (χ3v) is 3.53. The second kappa shape index (κ2) is 7.09. The van der Waals surface area contributed by atoms with E-state index in [-0.39, 0.29) is 23.6 Å². The van der Waals surface area contributed by atoms with Crippen molar-refractivity contribution in [1.82, 2.24) is 10.0 Å². The van der Waals surface area contributed by atoms with E-state index in [1.54, 1.807) is 0 Å². The third-order valence-electron chi connectivity index (χ3n) is 1.73. The number of nitrogens with one attached hydrogen (secondary N) is 2. The Morgan fingerprint density at radius 2 is 1.88 bits per heavy atom. The highest BCUT2D eigenvalue weighted by Gasteiger charge is 2.19. The van der Waals surface area contributed by atoms with Crippen LogP contribution >= 0.6 is 11.6 Å². The van der Waals surface area contributed by atoms with E-state index in [1.807, 2.05) is 13.8 Å². The van der Waals surface area contributed by atoms with Crippen molar-refractivity contribution in [1.29, 1.82) is 0 Å². The molecule has 1 atom stereocenters. The minimum absolute atomic E-state index is 0.0118. The van der Waals surface area contributed by atoms with Gasteiger partial charge in [0.2, 0.25) is 15.9 Å². The topological polar surface area (TPSA) is 75.3 Å². The van der Waals surface area contributed by atoms with Crippen molar-refractivity contribution in [2.24, 2.45) is 0 Å². The van der Waals surface area contributed by atoms with Crippen molar-refractivity contribution in [3.63, 3.8) is 0 Å².